The summed E-state index contributed by atoms with van der Waals surface area (Å²) in [6.45, 7) is 6.14. The van der Waals surface area contributed by atoms with Crippen LogP contribution in [0.2, 0.25) is 0 Å². The summed E-state index contributed by atoms with van der Waals surface area (Å²) >= 11 is 9.14. The van der Waals surface area contributed by atoms with Crippen LogP contribution in [0.5, 0.6) is 0 Å². The Labute approximate surface area is 105 Å². The minimum absolute atomic E-state index is 0.700. The summed E-state index contributed by atoms with van der Waals surface area (Å²) in [5.41, 5.74) is 1.21. The highest BCUT2D eigenvalue weighted by molar-refractivity contribution is 9.10. The highest BCUT2D eigenvalue weighted by Gasteiger charge is 2.06. The van der Waals surface area contributed by atoms with Gasteiger partial charge in [0, 0.05) is 29.6 Å². The SMILES string of the molecule is CCN(CCCCl)c1cc(C)c(Br)cn1. The van der Waals surface area contributed by atoms with E-state index in [1.54, 1.807) is 0 Å². The van der Waals surface area contributed by atoms with Gasteiger partial charge in [0.2, 0.25) is 0 Å². The average Bonchev–Trinajstić information content (AvgIpc) is 2.24. The number of nitrogens with zero attached hydrogens (tertiary/aromatic N) is 2. The summed E-state index contributed by atoms with van der Waals surface area (Å²) < 4.78 is 1.06. The van der Waals surface area contributed by atoms with E-state index in [4.69, 9.17) is 11.6 Å². The molecule has 0 bridgehead atoms. The molecule has 1 aromatic heterocycles. The Bertz CT molecular complexity index is 317. The minimum atomic E-state index is 0.700. The molecule has 2 nitrogen and oxygen atoms in total. The molecular weight excluding hydrogens is 275 g/mol. The summed E-state index contributed by atoms with van der Waals surface area (Å²) in [6.07, 6.45) is 2.85. The summed E-state index contributed by atoms with van der Waals surface area (Å²) in [5.74, 6) is 1.73. The van der Waals surface area contributed by atoms with Crippen LogP contribution in [0.4, 0.5) is 5.82 Å². The first kappa shape index (κ1) is 12.8. The summed E-state index contributed by atoms with van der Waals surface area (Å²) in [6, 6.07) is 2.10. The highest BCUT2D eigenvalue weighted by Crippen LogP contribution is 2.20. The quantitative estimate of drug-likeness (QED) is 0.771. The van der Waals surface area contributed by atoms with E-state index >= 15 is 0 Å². The molecule has 4 heteroatoms. The Balaban J connectivity index is 2.78. The van der Waals surface area contributed by atoms with Gasteiger partial charge in [0.05, 0.1) is 0 Å². The standard InChI is InChI=1S/C11H16BrClN2/c1-3-15(6-4-5-13)11-7-9(2)10(12)8-14-11/h7-8H,3-6H2,1-2H3. The predicted octanol–water partition coefficient (Wildman–Crippen LogP) is 3.61. The molecule has 0 aliphatic heterocycles. The molecule has 0 fully saturated rings. The number of halogens is 2. The van der Waals surface area contributed by atoms with Gasteiger partial charge < -0.3 is 4.90 Å². The third-order valence-electron chi connectivity index (χ3n) is 2.30. The van der Waals surface area contributed by atoms with Crippen molar-refractivity contribution < 1.29 is 0 Å². The lowest BCUT2D eigenvalue weighted by Gasteiger charge is -2.21. The van der Waals surface area contributed by atoms with Crippen molar-refractivity contribution in [1.29, 1.82) is 0 Å². The molecule has 0 atom stereocenters. The van der Waals surface area contributed by atoms with Crippen LogP contribution in [0.1, 0.15) is 18.9 Å². The Morgan fingerprint density at radius 1 is 1.53 bits per heavy atom. The normalized spacial score (nSPS) is 10.4. The third-order valence-corrected chi connectivity index (χ3v) is 3.40. The van der Waals surface area contributed by atoms with Crippen LogP contribution in [0, 0.1) is 6.92 Å². The molecule has 1 rings (SSSR count). The number of anilines is 1. The average molecular weight is 292 g/mol. The van der Waals surface area contributed by atoms with E-state index in [0.717, 1.165) is 29.8 Å². The maximum atomic E-state index is 5.69. The molecule has 0 aromatic carbocycles. The molecule has 1 heterocycles. The zero-order valence-electron chi connectivity index (χ0n) is 9.13. The second kappa shape index (κ2) is 6.33. The molecule has 0 spiro atoms. The first-order valence-electron chi connectivity index (χ1n) is 5.12. The van der Waals surface area contributed by atoms with E-state index < -0.39 is 0 Å². The minimum Gasteiger partial charge on any atom is -0.357 e. The lowest BCUT2D eigenvalue weighted by molar-refractivity contribution is 0.780. The van der Waals surface area contributed by atoms with Gasteiger partial charge in [-0.1, -0.05) is 0 Å². The van der Waals surface area contributed by atoms with Crippen LogP contribution >= 0.6 is 27.5 Å². The fourth-order valence-corrected chi connectivity index (χ4v) is 1.72. The smallest absolute Gasteiger partial charge is 0.128 e. The highest BCUT2D eigenvalue weighted by atomic mass is 79.9. The van der Waals surface area contributed by atoms with Gasteiger partial charge in [0.25, 0.3) is 0 Å². The van der Waals surface area contributed by atoms with E-state index in [-0.39, 0.29) is 0 Å². The van der Waals surface area contributed by atoms with E-state index in [1.807, 2.05) is 6.20 Å². The zero-order chi connectivity index (χ0) is 11.3. The van der Waals surface area contributed by atoms with Crippen LogP contribution < -0.4 is 4.90 Å². The van der Waals surface area contributed by atoms with Crippen LogP contribution in [-0.4, -0.2) is 24.0 Å². The zero-order valence-corrected chi connectivity index (χ0v) is 11.5. The molecule has 84 valence electrons. The summed E-state index contributed by atoms with van der Waals surface area (Å²) in [5, 5.41) is 0. The van der Waals surface area contributed by atoms with Crippen LogP contribution in [-0.2, 0) is 0 Å². The second-order valence-electron chi connectivity index (χ2n) is 3.41. The summed E-state index contributed by atoms with van der Waals surface area (Å²) in [7, 11) is 0. The van der Waals surface area contributed by atoms with Gasteiger partial charge in [-0.2, -0.15) is 0 Å². The van der Waals surface area contributed by atoms with E-state index in [1.165, 1.54) is 5.56 Å². The second-order valence-corrected chi connectivity index (χ2v) is 4.65. The van der Waals surface area contributed by atoms with Crippen molar-refractivity contribution in [3.05, 3.63) is 22.3 Å². The van der Waals surface area contributed by atoms with Crippen LogP contribution in [0.25, 0.3) is 0 Å². The molecule has 0 aliphatic carbocycles. The monoisotopic (exact) mass is 290 g/mol. The molecule has 0 unspecified atom stereocenters. The summed E-state index contributed by atoms with van der Waals surface area (Å²) in [4.78, 5) is 6.64. The van der Waals surface area contributed by atoms with Crippen molar-refractivity contribution in [2.75, 3.05) is 23.9 Å². The Morgan fingerprint density at radius 3 is 2.80 bits per heavy atom. The number of hydrogen-bond acceptors (Lipinski definition) is 2. The lowest BCUT2D eigenvalue weighted by Crippen LogP contribution is -2.25. The maximum Gasteiger partial charge on any atom is 0.128 e. The molecule has 0 saturated carbocycles. The van der Waals surface area contributed by atoms with Gasteiger partial charge in [-0.05, 0) is 47.8 Å². The van der Waals surface area contributed by atoms with Crippen LogP contribution in [0.15, 0.2) is 16.7 Å². The number of aryl methyl sites for hydroxylation is 1. The molecule has 0 N–H and O–H groups in total. The Morgan fingerprint density at radius 2 is 2.27 bits per heavy atom. The van der Waals surface area contributed by atoms with Gasteiger partial charge in [-0.25, -0.2) is 4.98 Å². The van der Waals surface area contributed by atoms with Gasteiger partial charge in [0.1, 0.15) is 5.82 Å². The fraction of sp³-hybridized carbons (Fsp3) is 0.545. The van der Waals surface area contributed by atoms with Crippen molar-refractivity contribution in [2.24, 2.45) is 0 Å². The van der Waals surface area contributed by atoms with Gasteiger partial charge in [-0.3, -0.25) is 0 Å². The van der Waals surface area contributed by atoms with E-state index in [9.17, 15) is 0 Å². The Hall–Kier alpha value is -0.280. The van der Waals surface area contributed by atoms with Gasteiger partial charge in [0.15, 0.2) is 0 Å². The topological polar surface area (TPSA) is 16.1 Å². The number of hydrogen-bond donors (Lipinski definition) is 0. The third kappa shape index (κ3) is 3.65. The first-order chi connectivity index (χ1) is 7.19. The Kier molecular flexibility index (Phi) is 5.40. The fourth-order valence-electron chi connectivity index (χ4n) is 1.38. The van der Waals surface area contributed by atoms with Gasteiger partial charge in [-0.15, -0.1) is 11.6 Å². The molecule has 15 heavy (non-hydrogen) atoms. The van der Waals surface area contributed by atoms with Crippen molar-refractivity contribution in [3.8, 4) is 0 Å². The number of alkyl halides is 1. The lowest BCUT2D eigenvalue weighted by atomic mass is 10.3. The van der Waals surface area contributed by atoms with E-state index in [2.05, 4.69) is 45.7 Å². The van der Waals surface area contributed by atoms with Gasteiger partial charge >= 0.3 is 0 Å². The predicted molar refractivity (Wildman–Crippen MR) is 69.9 cm³/mol. The van der Waals surface area contributed by atoms with Crippen molar-refractivity contribution >= 4 is 33.3 Å². The number of pyridine rings is 1. The van der Waals surface area contributed by atoms with Crippen molar-refractivity contribution in [1.82, 2.24) is 4.98 Å². The molecule has 0 amide bonds. The first-order valence-corrected chi connectivity index (χ1v) is 6.44. The molecule has 0 aliphatic rings. The van der Waals surface area contributed by atoms with Crippen molar-refractivity contribution in [2.45, 2.75) is 20.3 Å². The largest absolute Gasteiger partial charge is 0.357 e. The molecule has 0 saturated heterocycles. The number of rotatable bonds is 5. The van der Waals surface area contributed by atoms with Crippen molar-refractivity contribution in [3.63, 3.8) is 0 Å². The maximum absolute atomic E-state index is 5.69. The number of aromatic nitrogens is 1. The van der Waals surface area contributed by atoms with Crippen LogP contribution in [0.3, 0.4) is 0 Å². The van der Waals surface area contributed by atoms with E-state index in [0.29, 0.717) is 5.88 Å². The molecular formula is C11H16BrClN2. The molecule has 1 aromatic rings. The molecule has 0 radical (unpaired) electrons.